The van der Waals surface area contributed by atoms with Gasteiger partial charge in [0.05, 0.1) is 6.04 Å². The summed E-state index contributed by atoms with van der Waals surface area (Å²) in [6.45, 7) is 14.9. The third-order valence-corrected chi connectivity index (χ3v) is 7.72. The minimum atomic E-state index is -1.21. The van der Waals surface area contributed by atoms with Crippen LogP contribution in [0.1, 0.15) is 92.2 Å². The lowest BCUT2D eigenvalue weighted by atomic mass is 9.97. The number of aromatic hydroxyl groups is 1. The number of ether oxygens (including phenoxy) is 2. The van der Waals surface area contributed by atoms with E-state index in [2.05, 4.69) is 26.6 Å². The zero-order valence-corrected chi connectivity index (χ0v) is 31.3. The van der Waals surface area contributed by atoms with Crippen molar-refractivity contribution in [1.82, 2.24) is 26.6 Å². The molecule has 2 aromatic rings. The van der Waals surface area contributed by atoms with Crippen molar-refractivity contribution in [2.45, 2.75) is 123 Å². The number of amides is 5. The van der Waals surface area contributed by atoms with E-state index in [9.17, 15) is 29.1 Å². The minimum absolute atomic E-state index is 0.00442. The maximum Gasteiger partial charge on any atom is 0.408 e. The van der Waals surface area contributed by atoms with Crippen molar-refractivity contribution >= 4 is 29.9 Å². The Morgan fingerprint density at radius 1 is 0.725 bits per heavy atom. The van der Waals surface area contributed by atoms with Gasteiger partial charge in [0.15, 0.2) is 0 Å². The number of nitrogens with one attached hydrogen (secondary N) is 5. The van der Waals surface area contributed by atoms with E-state index < -0.39 is 59.2 Å². The summed E-state index contributed by atoms with van der Waals surface area (Å²) >= 11 is 0. The highest BCUT2D eigenvalue weighted by atomic mass is 16.6. The number of benzene rings is 2. The highest BCUT2D eigenvalue weighted by molar-refractivity contribution is 6.01. The van der Waals surface area contributed by atoms with Gasteiger partial charge < -0.3 is 35.8 Å². The first kappa shape index (κ1) is 42.5. The van der Waals surface area contributed by atoms with E-state index in [0.29, 0.717) is 31.4 Å². The van der Waals surface area contributed by atoms with Gasteiger partial charge in [0, 0.05) is 19.5 Å². The quantitative estimate of drug-likeness (QED) is 0.125. The van der Waals surface area contributed by atoms with Gasteiger partial charge in [-0.05, 0) is 90.0 Å². The monoisotopic (exact) mass is 711 g/mol. The number of phenolic OH excluding ortho intramolecular Hbond substituents is 1. The molecule has 4 atom stereocenters. The molecule has 6 N–H and O–H groups in total. The van der Waals surface area contributed by atoms with Crippen LogP contribution in [0.2, 0.25) is 0 Å². The molecular weight excluding hydrogens is 654 g/mol. The maximum absolute atomic E-state index is 13.8. The topological polar surface area (TPSA) is 184 Å². The molecule has 2 rings (SSSR count). The molecule has 0 fully saturated rings. The van der Waals surface area contributed by atoms with Crippen LogP contribution in [-0.2, 0) is 36.8 Å². The summed E-state index contributed by atoms with van der Waals surface area (Å²) in [6.07, 6.45) is 0.339. The third kappa shape index (κ3) is 17.2. The second-order valence-corrected chi connectivity index (χ2v) is 14.6. The van der Waals surface area contributed by atoms with E-state index in [1.54, 1.807) is 53.7 Å². The maximum atomic E-state index is 13.8. The van der Waals surface area contributed by atoms with Gasteiger partial charge in [-0.1, -0.05) is 62.7 Å². The van der Waals surface area contributed by atoms with Crippen molar-refractivity contribution in [3.63, 3.8) is 0 Å². The predicted octanol–water partition coefficient (Wildman–Crippen LogP) is 4.86. The van der Waals surface area contributed by atoms with E-state index in [1.807, 2.05) is 44.2 Å². The number of unbranched alkanes of at least 4 members (excludes halogenated alkanes) is 1. The smallest absolute Gasteiger partial charge is 0.408 e. The average molecular weight is 712 g/mol. The molecular formula is C38H57N5O8. The Labute approximate surface area is 302 Å². The van der Waals surface area contributed by atoms with Gasteiger partial charge in [-0.25, -0.2) is 9.59 Å². The summed E-state index contributed by atoms with van der Waals surface area (Å²) in [7, 11) is 0. The van der Waals surface area contributed by atoms with Crippen molar-refractivity contribution in [2.75, 3.05) is 6.54 Å². The molecule has 13 heteroatoms. The lowest BCUT2D eigenvalue weighted by Crippen LogP contribution is -2.57. The van der Waals surface area contributed by atoms with Gasteiger partial charge in [0.1, 0.15) is 29.0 Å². The number of imide groups is 1. The zero-order chi connectivity index (χ0) is 38.2. The fourth-order valence-electron chi connectivity index (χ4n) is 4.94. The van der Waals surface area contributed by atoms with Gasteiger partial charge in [-0.3, -0.25) is 19.7 Å². The van der Waals surface area contributed by atoms with Crippen LogP contribution in [0.4, 0.5) is 9.59 Å². The number of rotatable bonds is 17. The highest BCUT2D eigenvalue weighted by Gasteiger charge is 2.32. The molecule has 51 heavy (non-hydrogen) atoms. The number of hydrogen-bond acceptors (Lipinski definition) is 9. The average Bonchev–Trinajstić information content (AvgIpc) is 3.03. The van der Waals surface area contributed by atoms with Gasteiger partial charge in [0.2, 0.25) is 17.7 Å². The first-order valence-electron chi connectivity index (χ1n) is 17.5. The first-order valence-corrected chi connectivity index (χ1v) is 17.5. The second kappa shape index (κ2) is 20.3. The van der Waals surface area contributed by atoms with E-state index in [4.69, 9.17) is 9.47 Å². The molecule has 0 unspecified atom stereocenters. The summed E-state index contributed by atoms with van der Waals surface area (Å²) in [5.41, 5.74) is 0.120. The Morgan fingerprint density at radius 3 is 1.92 bits per heavy atom. The molecule has 0 bridgehead atoms. The molecule has 0 aliphatic rings. The number of phenols is 1. The van der Waals surface area contributed by atoms with Crippen LogP contribution in [0.3, 0.4) is 0 Å². The third-order valence-electron chi connectivity index (χ3n) is 7.72. The predicted molar refractivity (Wildman–Crippen MR) is 195 cm³/mol. The Morgan fingerprint density at radius 2 is 1.33 bits per heavy atom. The van der Waals surface area contributed by atoms with Crippen molar-refractivity contribution in [3.8, 4) is 5.75 Å². The van der Waals surface area contributed by atoms with E-state index in [1.165, 1.54) is 12.1 Å². The minimum Gasteiger partial charge on any atom is -0.508 e. The number of hydrogen-bond donors (Lipinski definition) is 6. The van der Waals surface area contributed by atoms with Crippen molar-refractivity contribution in [1.29, 1.82) is 0 Å². The molecule has 2 aromatic carbocycles. The lowest BCUT2D eigenvalue weighted by Gasteiger charge is -2.27. The number of carbonyl (C=O) groups is 5. The molecule has 0 aromatic heterocycles. The zero-order valence-electron chi connectivity index (χ0n) is 31.3. The standard InChI is InChI=1S/C38H57N5O8/c1-9-25(2)31(40-24-27-15-11-10-12-16-27)34(47)43-33(46)30(23-26-18-20-28(44)21-19-26)41-32(45)29(42-36(49)51-38(6,7)8)17-13-14-22-39-35(48)50-37(3,4)5/h10-12,15-16,18-21,25,29-31,40,44H,9,13-14,17,22-24H2,1-8H3,(H,39,48)(H,41,45)(H,42,49)(H,43,46,47)/t25-,29-,30-,31-/m0/s1. The molecule has 5 amide bonds. The van der Waals surface area contributed by atoms with Crippen LogP contribution in [0, 0.1) is 5.92 Å². The molecule has 0 spiro atoms. The summed E-state index contributed by atoms with van der Waals surface area (Å²) in [5, 5.41) is 23.6. The van der Waals surface area contributed by atoms with E-state index in [-0.39, 0.29) is 31.1 Å². The molecule has 13 nitrogen and oxygen atoms in total. The molecule has 282 valence electrons. The summed E-state index contributed by atoms with van der Waals surface area (Å²) in [5.74, 6) is -2.00. The normalized spacial score (nSPS) is 13.9. The van der Waals surface area contributed by atoms with Crippen molar-refractivity contribution in [2.24, 2.45) is 5.92 Å². The Bertz CT molecular complexity index is 1420. The van der Waals surface area contributed by atoms with Gasteiger partial charge >= 0.3 is 12.2 Å². The Kier molecular flexibility index (Phi) is 16.9. The largest absolute Gasteiger partial charge is 0.508 e. The fourth-order valence-corrected chi connectivity index (χ4v) is 4.94. The fraction of sp³-hybridized carbons (Fsp3) is 0.553. The summed E-state index contributed by atoms with van der Waals surface area (Å²) in [6, 6.07) is 12.7. The lowest BCUT2D eigenvalue weighted by molar-refractivity contribution is -0.136. The highest BCUT2D eigenvalue weighted by Crippen LogP contribution is 2.14. The number of alkyl carbamates (subject to hydrolysis) is 2. The second-order valence-electron chi connectivity index (χ2n) is 14.6. The van der Waals surface area contributed by atoms with E-state index in [0.717, 1.165) is 5.56 Å². The van der Waals surface area contributed by atoms with Crippen LogP contribution in [-0.4, -0.2) is 70.9 Å². The molecule has 0 heterocycles. The number of carbonyl (C=O) groups excluding carboxylic acids is 5. The summed E-state index contributed by atoms with van der Waals surface area (Å²) in [4.78, 5) is 65.9. The molecule has 0 aliphatic carbocycles. The van der Waals surface area contributed by atoms with Crippen LogP contribution in [0.25, 0.3) is 0 Å². The van der Waals surface area contributed by atoms with Crippen LogP contribution >= 0.6 is 0 Å². The SMILES string of the molecule is CC[C@H](C)[C@H](NCc1ccccc1)C(=O)NC(=O)[C@H](Cc1ccc(O)cc1)NC(=O)[C@H](CCCCNC(=O)OC(C)(C)C)NC(=O)OC(C)(C)C. The van der Waals surface area contributed by atoms with Crippen molar-refractivity contribution in [3.05, 3.63) is 65.7 Å². The molecule has 0 radical (unpaired) electrons. The van der Waals surface area contributed by atoms with Gasteiger partial charge in [-0.2, -0.15) is 0 Å². The molecule has 0 aliphatic heterocycles. The van der Waals surface area contributed by atoms with Crippen LogP contribution in [0.15, 0.2) is 54.6 Å². The molecule has 0 saturated heterocycles. The van der Waals surface area contributed by atoms with Crippen molar-refractivity contribution < 1.29 is 38.6 Å². The van der Waals surface area contributed by atoms with Crippen LogP contribution < -0.4 is 26.6 Å². The van der Waals surface area contributed by atoms with E-state index >= 15 is 0 Å². The Balaban J connectivity index is 2.23. The summed E-state index contributed by atoms with van der Waals surface area (Å²) < 4.78 is 10.6. The first-order chi connectivity index (χ1) is 23.9. The van der Waals surface area contributed by atoms with Gasteiger partial charge in [0.25, 0.3) is 0 Å². The van der Waals surface area contributed by atoms with Crippen LogP contribution in [0.5, 0.6) is 5.75 Å². The van der Waals surface area contributed by atoms with Gasteiger partial charge in [-0.15, -0.1) is 0 Å². The Hall–Kier alpha value is -4.65. The molecule has 0 saturated carbocycles.